The van der Waals surface area contributed by atoms with Gasteiger partial charge in [-0.25, -0.2) is 4.68 Å². The highest BCUT2D eigenvalue weighted by atomic mass is 16.5. The summed E-state index contributed by atoms with van der Waals surface area (Å²) in [5, 5.41) is 7.46. The van der Waals surface area contributed by atoms with Crippen molar-refractivity contribution in [2.24, 2.45) is 0 Å². The fourth-order valence-electron chi connectivity index (χ4n) is 3.36. The number of hydrogen-bond donors (Lipinski definition) is 1. The first-order chi connectivity index (χ1) is 13.1. The number of aromatic nitrogens is 3. The Kier molecular flexibility index (Phi) is 5.78. The number of Topliss-reactive ketones (excluding diaryl/α,β-unsaturated/α-hetero) is 1. The zero-order chi connectivity index (χ0) is 19.4. The molecule has 0 saturated carbocycles. The second-order valence-electron chi connectivity index (χ2n) is 6.62. The quantitative estimate of drug-likeness (QED) is 0.713. The van der Waals surface area contributed by atoms with Gasteiger partial charge < -0.3 is 14.8 Å². The molecule has 27 heavy (non-hydrogen) atoms. The van der Waals surface area contributed by atoms with Crippen LogP contribution in [0.5, 0.6) is 11.5 Å². The van der Waals surface area contributed by atoms with E-state index in [0.717, 1.165) is 30.5 Å². The van der Waals surface area contributed by atoms with Gasteiger partial charge in [0.25, 0.3) is 0 Å². The van der Waals surface area contributed by atoms with Gasteiger partial charge in [-0.15, -0.1) is 0 Å². The Morgan fingerprint density at radius 3 is 2.81 bits per heavy atom. The summed E-state index contributed by atoms with van der Waals surface area (Å²) >= 11 is 0. The lowest BCUT2D eigenvalue weighted by molar-refractivity contribution is -0.114. The molecule has 1 aliphatic rings. The number of allylic oxidation sites excluding steroid dienone is 2. The highest BCUT2D eigenvalue weighted by molar-refractivity contribution is 5.96. The van der Waals surface area contributed by atoms with E-state index in [9.17, 15) is 4.79 Å². The molecule has 1 aromatic heterocycles. The highest BCUT2D eigenvalue weighted by Gasteiger charge is 2.32. The number of rotatable bonds is 8. The van der Waals surface area contributed by atoms with Gasteiger partial charge in [-0.1, -0.05) is 25.8 Å². The molecule has 0 aliphatic carbocycles. The van der Waals surface area contributed by atoms with Crippen molar-refractivity contribution in [3.8, 4) is 11.5 Å². The molecule has 3 rings (SSSR count). The van der Waals surface area contributed by atoms with Gasteiger partial charge in [0.05, 0.1) is 13.7 Å². The first-order valence-corrected chi connectivity index (χ1v) is 9.25. The van der Waals surface area contributed by atoms with Gasteiger partial charge in [-0.3, -0.25) is 4.79 Å². The number of hydrogen-bond acceptors (Lipinski definition) is 6. The van der Waals surface area contributed by atoms with Crippen molar-refractivity contribution < 1.29 is 14.3 Å². The second-order valence-corrected chi connectivity index (χ2v) is 6.62. The van der Waals surface area contributed by atoms with Crippen LogP contribution in [0.25, 0.3) is 0 Å². The number of benzene rings is 1. The SMILES string of the molecule is CCCCCOc1ccc([C@@H]2C(C(C)=O)=C(C)Nc3ncnn32)cc1OC. The molecular formula is C20H26N4O3. The molecule has 0 unspecified atom stereocenters. The molecular weight excluding hydrogens is 344 g/mol. The normalized spacial score (nSPS) is 15.9. The lowest BCUT2D eigenvalue weighted by Crippen LogP contribution is -2.27. The molecule has 0 radical (unpaired) electrons. The predicted molar refractivity (Wildman–Crippen MR) is 103 cm³/mol. The molecule has 1 atom stereocenters. The molecule has 0 saturated heterocycles. The van der Waals surface area contributed by atoms with E-state index in [4.69, 9.17) is 9.47 Å². The summed E-state index contributed by atoms with van der Waals surface area (Å²) in [6.45, 7) is 6.26. The third-order valence-electron chi connectivity index (χ3n) is 4.68. The second kappa shape index (κ2) is 8.24. The zero-order valence-electron chi connectivity index (χ0n) is 16.3. The number of carbonyl (C=O) groups is 1. The minimum absolute atomic E-state index is 0.00925. The number of fused-ring (bicyclic) bond motifs is 1. The van der Waals surface area contributed by atoms with Crippen molar-refractivity contribution in [2.45, 2.75) is 46.1 Å². The van der Waals surface area contributed by atoms with Crippen LogP contribution in [-0.2, 0) is 4.79 Å². The van der Waals surface area contributed by atoms with Crippen molar-refractivity contribution in [1.82, 2.24) is 14.8 Å². The third kappa shape index (κ3) is 3.82. The number of ether oxygens (including phenoxy) is 2. The molecule has 1 aromatic carbocycles. The summed E-state index contributed by atoms with van der Waals surface area (Å²) < 4.78 is 13.1. The van der Waals surface area contributed by atoms with Gasteiger partial charge in [0.1, 0.15) is 12.4 Å². The van der Waals surface area contributed by atoms with E-state index >= 15 is 0 Å². The van der Waals surface area contributed by atoms with E-state index in [1.54, 1.807) is 18.7 Å². The summed E-state index contributed by atoms with van der Waals surface area (Å²) in [7, 11) is 1.62. The number of anilines is 1. The van der Waals surface area contributed by atoms with Crippen LogP contribution < -0.4 is 14.8 Å². The van der Waals surface area contributed by atoms with E-state index in [2.05, 4.69) is 22.3 Å². The minimum atomic E-state index is -0.357. The van der Waals surface area contributed by atoms with Crippen molar-refractivity contribution in [1.29, 1.82) is 0 Å². The van der Waals surface area contributed by atoms with E-state index < -0.39 is 0 Å². The number of ketones is 1. The van der Waals surface area contributed by atoms with Gasteiger partial charge in [-0.2, -0.15) is 10.1 Å². The van der Waals surface area contributed by atoms with Crippen LogP contribution in [0.2, 0.25) is 0 Å². The van der Waals surface area contributed by atoms with Gasteiger partial charge in [-0.05, 0) is 38.0 Å². The maximum absolute atomic E-state index is 12.3. The van der Waals surface area contributed by atoms with Gasteiger partial charge >= 0.3 is 0 Å². The molecule has 0 bridgehead atoms. The van der Waals surface area contributed by atoms with Crippen LogP contribution in [0.4, 0.5) is 5.95 Å². The molecule has 7 heteroatoms. The smallest absolute Gasteiger partial charge is 0.226 e. The maximum Gasteiger partial charge on any atom is 0.226 e. The molecule has 0 fully saturated rings. The maximum atomic E-state index is 12.3. The Morgan fingerprint density at radius 2 is 2.11 bits per heavy atom. The molecule has 0 spiro atoms. The van der Waals surface area contributed by atoms with Crippen molar-refractivity contribution in [3.05, 3.63) is 41.4 Å². The van der Waals surface area contributed by atoms with E-state index in [0.29, 0.717) is 29.6 Å². The first kappa shape index (κ1) is 18.9. The lowest BCUT2D eigenvalue weighted by atomic mass is 9.93. The molecule has 2 heterocycles. The van der Waals surface area contributed by atoms with E-state index in [1.165, 1.54) is 6.33 Å². The Labute approximate surface area is 159 Å². The van der Waals surface area contributed by atoms with Gasteiger partial charge in [0, 0.05) is 11.3 Å². The van der Waals surface area contributed by atoms with E-state index in [1.807, 2.05) is 25.1 Å². The van der Waals surface area contributed by atoms with Gasteiger partial charge in [0.2, 0.25) is 5.95 Å². The number of methoxy groups -OCH3 is 1. The Hall–Kier alpha value is -2.83. The molecule has 7 nitrogen and oxygen atoms in total. The highest BCUT2D eigenvalue weighted by Crippen LogP contribution is 2.38. The average molecular weight is 370 g/mol. The Morgan fingerprint density at radius 1 is 1.30 bits per heavy atom. The summed E-state index contributed by atoms with van der Waals surface area (Å²) in [4.78, 5) is 16.6. The van der Waals surface area contributed by atoms with Crippen molar-refractivity contribution in [2.75, 3.05) is 19.0 Å². The molecule has 1 N–H and O–H groups in total. The lowest BCUT2D eigenvalue weighted by Gasteiger charge is -2.28. The number of unbranched alkanes of at least 4 members (excludes halogenated alkanes) is 2. The summed E-state index contributed by atoms with van der Waals surface area (Å²) in [6, 6.07) is 5.40. The zero-order valence-corrected chi connectivity index (χ0v) is 16.3. The van der Waals surface area contributed by atoms with Gasteiger partial charge in [0.15, 0.2) is 17.3 Å². The standard InChI is InChI=1S/C20H26N4O3/c1-5-6-7-10-27-16-9-8-15(11-17(16)26-4)19-18(14(3)25)13(2)23-20-21-12-22-24(19)20/h8-9,11-12,19H,5-7,10H2,1-4H3,(H,21,22,23)/t19-/m1/s1. The Balaban J connectivity index is 1.96. The van der Waals surface area contributed by atoms with Crippen LogP contribution in [0.15, 0.2) is 35.8 Å². The molecule has 0 amide bonds. The van der Waals surface area contributed by atoms with E-state index in [-0.39, 0.29) is 11.8 Å². The van der Waals surface area contributed by atoms with Crippen LogP contribution in [0, 0.1) is 0 Å². The fraction of sp³-hybridized carbons (Fsp3) is 0.450. The summed E-state index contributed by atoms with van der Waals surface area (Å²) in [5.41, 5.74) is 2.34. The van der Waals surface area contributed by atoms with Crippen LogP contribution >= 0.6 is 0 Å². The fourth-order valence-corrected chi connectivity index (χ4v) is 3.36. The van der Waals surface area contributed by atoms with Crippen molar-refractivity contribution >= 4 is 11.7 Å². The minimum Gasteiger partial charge on any atom is -0.493 e. The number of carbonyl (C=O) groups excluding carboxylic acids is 1. The number of nitrogens with one attached hydrogen (secondary N) is 1. The average Bonchev–Trinajstić information content (AvgIpc) is 3.11. The molecule has 144 valence electrons. The largest absolute Gasteiger partial charge is 0.493 e. The molecule has 2 aromatic rings. The summed E-state index contributed by atoms with van der Waals surface area (Å²) in [5.74, 6) is 1.95. The predicted octanol–water partition coefficient (Wildman–Crippen LogP) is 3.73. The monoisotopic (exact) mass is 370 g/mol. The van der Waals surface area contributed by atoms with Crippen LogP contribution in [0.1, 0.15) is 51.6 Å². The topological polar surface area (TPSA) is 78.3 Å². The first-order valence-electron chi connectivity index (χ1n) is 9.25. The number of nitrogens with zero attached hydrogens (tertiary/aromatic N) is 3. The van der Waals surface area contributed by atoms with Crippen LogP contribution in [-0.4, -0.2) is 34.3 Å². The summed E-state index contributed by atoms with van der Waals surface area (Å²) in [6.07, 6.45) is 4.77. The molecule has 1 aliphatic heterocycles. The van der Waals surface area contributed by atoms with Crippen LogP contribution in [0.3, 0.4) is 0 Å². The Bertz CT molecular complexity index is 857. The third-order valence-corrected chi connectivity index (χ3v) is 4.68. The van der Waals surface area contributed by atoms with Crippen molar-refractivity contribution in [3.63, 3.8) is 0 Å².